The first-order valence-electron chi connectivity index (χ1n) is 6.73. The Hall–Kier alpha value is -0.710. The fraction of sp³-hybridized carbons (Fsp3) is 0.429. The smallest absolute Gasteiger partial charge is 0.216 e. The number of aromatic amines is 1. The molecule has 0 radical (unpaired) electrons. The van der Waals surface area contributed by atoms with Crippen molar-refractivity contribution in [2.75, 3.05) is 6.61 Å². The van der Waals surface area contributed by atoms with Crippen molar-refractivity contribution in [3.8, 4) is 0 Å². The Labute approximate surface area is 144 Å². The molecule has 2 heterocycles. The number of alkyl halides is 2. The first kappa shape index (κ1) is 17.1. The van der Waals surface area contributed by atoms with Crippen molar-refractivity contribution in [3.63, 3.8) is 0 Å². The molecule has 1 aliphatic rings. The Morgan fingerprint density at radius 2 is 1.91 bits per heavy atom. The van der Waals surface area contributed by atoms with Crippen LogP contribution in [0.3, 0.4) is 0 Å². The number of hydrogen-bond donors (Lipinski definition) is 6. The highest BCUT2D eigenvalue weighted by molar-refractivity contribution is 9.10. The number of aromatic nitrogens is 1. The van der Waals surface area contributed by atoms with Gasteiger partial charge in [-0.25, -0.2) is 0 Å². The van der Waals surface area contributed by atoms with Crippen molar-refractivity contribution in [2.24, 2.45) is 0 Å². The van der Waals surface area contributed by atoms with Gasteiger partial charge in [-0.2, -0.15) is 0 Å². The number of ether oxygens (including phenoxy) is 1. The maximum absolute atomic E-state index is 11.1. The van der Waals surface area contributed by atoms with Crippen molar-refractivity contribution in [3.05, 3.63) is 36.0 Å². The topological polar surface area (TPSA) is 126 Å². The number of benzene rings is 1. The van der Waals surface area contributed by atoms with Crippen LogP contribution in [-0.4, -0.2) is 59.1 Å². The Bertz CT molecular complexity index is 739. The van der Waals surface area contributed by atoms with Gasteiger partial charge in [-0.05, 0) is 22.0 Å². The highest BCUT2D eigenvalue weighted by Gasteiger charge is 2.71. The van der Waals surface area contributed by atoms with Gasteiger partial charge in [0.15, 0.2) is 16.4 Å². The summed E-state index contributed by atoms with van der Waals surface area (Å²) < 4.78 is 2.87. The maximum Gasteiger partial charge on any atom is 0.216 e. The van der Waals surface area contributed by atoms with E-state index in [1.807, 2.05) is 0 Å². The van der Waals surface area contributed by atoms with E-state index in [4.69, 9.17) is 16.3 Å². The van der Waals surface area contributed by atoms with Gasteiger partial charge in [0.1, 0.15) is 6.10 Å². The summed E-state index contributed by atoms with van der Waals surface area (Å²) in [7, 11) is 0. The maximum atomic E-state index is 11.1. The second kappa shape index (κ2) is 5.40. The van der Waals surface area contributed by atoms with E-state index in [-0.39, 0.29) is 5.56 Å². The molecule has 0 aliphatic carbocycles. The van der Waals surface area contributed by atoms with Gasteiger partial charge in [0.2, 0.25) is 5.06 Å². The van der Waals surface area contributed by atoms with E-state index < -0.39 is 34.2 Å². The minimum atomic E-state index is -2.70. The van der Waals surface area contributed by atoms with Gasteiger partial charge in [0, 0.05) is 22.7 Å². The largest absolute Gasteiger partial charge is 0.392 e. The van der Waals surface area contributed by atoms with E-state index in [0.717, 1.165) is 0 Å². The lowest BCUT2D eigenvalue weighted by molar-refractivity contribution is -0.348. The average molecular weight is 409 g/mol. The second-order valence-corrected chi connectivity index (χ2v) is 7.30. The third kappa shape index (κ3) is 2.11. The van der Waals surface area contributed by atoms with Gasteiger partial charge in [-0.3, -0.25) is 0 Å². The zero-order valence-corrected chi connectivity index (χ0v) is 14.0. The number of rotatable bonds is 2. The summed E-state index contributed by atoms with van der Waals surface area (Å²) in [6.45, 7) is -0.874. The van der Waals surface area contributed by atoms with Crippen molar-refractivity contribution in [1.82, 2.24) is 4.98 Å². The molecule has 9 heteroatoms. The fourth-order valence-corrected chi connectivity index (χ4v) is 3.70. The number of H-pyrrole nitrogens is 1. The fourth-order valence-electron chi connectivity index (χ4n) is 2.89. The van der Waals surface area contributed by atoms with Crippen LogP contribution in [0.5, 0.6) is 0 Å². The van der Waals surface area contributed by atoms with Crippen molar-refractivity contribution < 1.29 is 30.3 Å². The molecule has 1 saturated heterocycles. The molecule has 0 bridgehead atoms. The highest BCUT2D eigenvalue weighted by Crippen LogP contribution is 2.55. The van der Waals surface area contributed by atoms with Gasteiger partial charge in [0.25, 0.3) is 0 Å². The molecule has 0 spiro atoms. The number of hydrogen-bond acceptors (Lipinski definition) is 6. The normalized spacial score (nSPS) is 41.3. The lowest BCUT2D eigenvalue weighted by Crippen LogP contribution is -2.74. The minimum absolute atomic E-state index is 0.0534. The third-order valence-corrected chi connectivity index (χ3v) is 6.04. The standard InChI is InChI=1S/C14H15BrClNO6/c15-12(6-18)14(16,22)13(21,10(19)11(20)23-12)8-5-17-9-4-2-1-3-7(8)9/h1-5,10-11,17-22H,6H2/t10-,11+,12+,13+,14+/m0/s1. The van der Waals surface area contributed by atoms with Crippen molar-refractivity contribution in [1.29, 1.82) is 0 Å². The Morgan fingerprint density at radius 3 is 2.57 bits per heavy atom. The number of para-hydroxylation sites is 1. The molecule has 1 aromatic heterocycles. The molecule has 3 rings (SSSR count). The third-order valence-electron chi connectivity index (χ3n) is 4.21. The molecular formula is C14H15BrClNO6. The molecule has 2 aromatic rings. The molecule has 1 aromatic carbocycles. The molecule has 0 amide bonds. The van der Waals surface area contributed by atoms with Gasteiger partial charge in [-0.15, -0.1) is 0 Å². The first-order valence-corrected chi connectivity index (χ1v) is 7.90. The van der Waals surface area contributed by atoms with Crippen molar-refractivity contribution in [2.45, 2.75) is 27.6 Å². The van der Waals surface area contributed by atoms with E-state index in [9.17, 15) is 25.5 Å². The summed E-state index contributed by atoms with van der Waals surface area (Å²) >= 11 is 9.04. The van der Waals surface area contributed by atoms with E-state index in [0.29, 0.717) is 10.9 Å². The van der Waals surface area contributed by atoms with Crippen LogP contribution in [0.4, 0.5) is 0 Å². The molecule has 1 fully saturated rings. The monoisotopic (exact) mass is 407 g/mol. The Kier molecular flexibility index (Phi) is 4.02. The molecule has 23 heavy (non-hydrogen) atoms. The van der Waals surface area contributed by atoms with Crippen LogP contribution in [0.15, 0.2) is 30.5 Å². The second-order valence-electron chi connectivity index (χ2n) is 5.48. The van der Waals surface area contributed by atoms with Gasteiger partial charge < -0.3 is 35.3 Å². The van der Waals surface area contributed by atoms with Crippen LogP contribution in [0.25, 0.3) is 10.9 Å². The predicted molar refractivity (Wildman–Crippen MR) is 84.8 cm³/mol. The molecule has 7 nitrogen and oxygen atoms in total. The quantitative estimate of drug-likeness (QED) is 0.391. The van der Waals surface area contributed by atoms with E-state index in [1.165, 1.54) is 6.20 Å². The van der Waals surface area contributed by atoms with Crippen LogP contribution in [0.2, 0.25) is 0 Å². The number of halogens is 2. The summed E-state index contributed by atoms with van der Waals surface area (Å²) in [5, 5.41) is 49.4. The van der Waals surface area contributed by atoms with E-state index in [1.54, 1.807) is 24.3 Å². The summed E-state index contributed by atoms with van der Waals surface area (Å²) in [4.78, 5) is 2.89. The van der Waals surface area contributed by atoms with Gasteiger partial charge in [-0.1, -0.05) is 29.8 Å². The number of fused-ring (bicyclic) bond motifs is 1. The molecular weight excluding hydrogens is 394 g/mol. The minimum Gasteiger partial charge on any atom is -0.392 e. The lowest BCUT2D eigenvalue weighted by atomic mass is 9.77. The molecule has 126 valence electrons. The SMILES string of the molecule is OC[C@@]1(Br)O[C@@H](O)[C@H](O)[C@](O)(c2c[nH]c3ccccc23)[C@@]1(O)Cl. The zero-order chi connectivity index (χ0) is 17.0. The lowest BCUT2D eigenvalue weighted by Gasteiger charge is -2.54. The molecule has 5 atom stereocenters. The summed E-state index contributed by atoms with van der Waals surface area (Å²) in [6.07, 6.45) is -2.51. The molecule has 1 aliphatic heterocycles. The Balaban J connectivity index is 2.28. The summed E-state index contributed by atoms with van der Waals surface area (Å²) in [5.41, 5.74) is -1.86. The molecule has 0 saturated carbocycles. The van der Waals surface area contributed by atoms with Crippen LogP contribution >= 0.6 is 27.5 Å². The van der Waals surface area contributed by atoms with E-state index >= 15 is 0 Å². The van der Waals surface area contributed by atoms with Crippen molar-refractivity contribution >= 4 is 38.4 Å². The number of aliphatic hydroxyl groups excluding tert-OH is 3. The number of nitrogens with one attached hydrogen (secondary N) is 1. The number of aliphatic hydroxyl groups is 5. The summed E-state index contributed by atoms with van der Waals surface area (Å²) in [5.74, 6) is 0. The highest BCUT2D eigenvalue weighted by atomic mass is 79.9. The first-order chi connectivity index (χ1) is 10.7. The van der Waals surface area contributed by atoms with Crippen LogP contribution in [-0.2, 0) is 10.3 Å². The predicted octanol–water partition coefficient (Wildman–Crippen LogP) is 0.0759. The average Bonchev–Trinajstić information content (AvgIpc) is 2.96. The van der Waals surface area contributed by atoms with Gasteiger partial charge >= 0.3 is 0 Å². The Morgan fingerprint density at radius 1 is 1.26 bits per heavy atom. The van der Waals surface area contributed by atoms with Crippen LogP contribution < -0.4 is 0 Å². The van der Waals surface area contributed by atoms with Crippen LogP contribution in [0.1, 0.15) is 5.56 Å². The van der Waals surface area contributed by atoms with Crippen LogP contribution in [0, 0.1) is 0 Å². The zero-order valence-electron chi connectivity index (χ0n) is 11.6. The summed E-state index contributed by atoms with van der Waals surface area (Å²) in [6, 6.07) is 6.84. The van der Waals surface area contributed by atoms with Gasteiger partial charge in [0.05, 0.1) is 6.61 Å². The molecule has 0 unspecified atom stereocenters. The molecule has 6 N–H and O–H groups in total. The van der Waals surface area contributed by atoms with E-state index in [2.05, 4.69) is 20.9 Å².